The van der Waals surface area contributed by atoms with E-state index in [1.54, 1.807) is 7.11 Å². The monoisotopic (exact) mass is 294 g/mol. The van der Waals surface area contributed by atoms with Crippen LogP contribution in [0.2, 0.25) is 0 Å². The lowest BCUT2D eigenvalue weighted by atomic mass is 10.1. The Bertz CT molecular complexity index is 402. The zero-order valence-electron chi connectivity index (χ0n) is 14.1. The summed E-state index contributed by atoms with van der Waals surface area (Å²) in [6.45, 7) is 10.6. The second-order valence-corrected chi connectivity index (χ2v) is 6.36. The van der Waals surface area contributed by atoms with Crippen LogP contribution < -0.4 is 10.1 Å². The van der Waals surface area contributed by atoms with E-state index in [4.69, 9.17) is 9.47 Å². The van der Waals surface area contributed by atoms with Gasteiger partial charge in [-0.25, -0.2) is 0 Å². The summed E-state index contributed by atoms with van der Waals surface area (Å²) in [6, 6.07) is 8.22. The van der Waals surface area contributed by atoms with E-state index < -0.39 is 0 Å². The predicted octanol–water partition coefficient (Wildman–Crippen LogP) is 2.53. The topological polar surface area (TPSA) is 33.7 Å². The fourth-order valence-electron chi connectivity index (χ4n) is 1.82. The molecule has 120 valence electrons. The van der Waals surface area contributed by atoms with Gasteiger partial charge in [-0.15, -0.1) is 0 Å². The largest absolute Gasteiger partial charge is 0.492 e. The molecule has 0 unspecified atom stereocenters. The van der Waals surface area contributed by atoms with Crippen molar-refractivity contribution in [2.24, 2.45) is 0 Å². The van der Waals surface area contributed by atoms with Gasteiger partial charge in [-0.3, -0.25) is 0 Å². The molecule has 0 fully saturated rings. The van der Waals surface area contributed by atoms with Crippen LogP contribution in [0.5, 0.6) is 5.75 Å². The Morgan fingerprint density at radius 1 is 1.10 bits per heavy atom. The van der Waals surface area contributed by atoms with Crippen molar-refractivity contribution in [2.75, 3.05) is 40.5 Å². The number of para-hydroxylation sites is 1. The Labute approximate surface area is 129 Å². The van der Waals surface area contributed by atoms with Crippen molar-refractivity contribution in [2.45, 2.75) is 32.9 Å². The number of hydrogen-bond acceptors (Lipinski definition) is 4. The maximum Gasteiger partial charge on any atom is 0.123 e. The van der Waals surface area contributed by atoms with Gasteiger partial charge >= 0.3 is 0 Å². The highest BCUT2D eigenvalue weighted by Gasteiger charge is 2.10. The van der Waals surface area contributed by atoms with Gasteiger partial charge < -0.3 is 19.7 Å². The number of likely N-dealkylation sites (N-methyl/N-ethyl adjacent to an activating group) is 1. The van der Waals surface area contributed by atoms with Crippen molar-refractivity contribution >= 4 is 0 Å². The SMILES string of the molecule is COCCN(C)CCOc1ccccc1CNC(C)(C)C. The molecule has 0 aromatic heterocycles. The molecular weight excluding hydrogens is 264 g/mol. The average molecular weight is 294 g/mol. The molecule has 4 heteroatoms. The molecule has 0 aliphatic rings. The van der Waals surface area contributed by atoms with E-state index in [0.717, 1.165) is 32.0 Å². The lowest BCUT2D eigenvalue weighted by Crippen LogP contribution is -2.35. The van der Waals surface area contributed by atoms with Gasteiger partial charge in [0.1, 0.15) is 12.4 Å². The van der Waals surface area contributed by atoms with Crippen LogP contribution in [0.25, 0.3) is 0 Å². The number of methoxy groups -OCH3 is 1. The molecule has 0 aliphatic heterocycles. The first-order valence-corrected chi connectivity index (χ1v) is 7.55. The summed E-state index contributed by atoms with van der Waals surface area (Å²) in [5.41, 5.74) is 1.31. The Morgan fingerprint density at radius 3 is 2.43 bits per heavy atom. The maximum absolute atomic E-state index is 5.93. The molecule has 0 bridgehead atoms. The second kappa shape index (κ2) is 9.03. The van der Waals surface area contributed by atoms with Crippen molar-refractivity contribution in [1.29, 1.82) is 0 Å². The molecule has 0 amide bonds. The zero-order valence-corrected chi connectivity index (χ0v) is 14.1. The van der Waals surface area contributed by atoms with E-state index in [1.165, 1.54) is 5.56 Å². The summed E-state index contributed by atoms with van der Waals surface area (Å²) < 4.78 is 11.0. The molecular formula is C17H30N2O2. The molecule has 4 nitrogen and oxygen atoms in total. The van der Waals surface area contributed by atoms with Crippen molar-refractivity contribution in [1.82, 2.24) is 10.2 Å². The van der Waals surface area contributed by atoms with E-state index in [9.17, 15) is 0 Å². The Hall–Kier alpha value is -1.10. The van der Waals surface area contributed by atoms with Gasteiger partial charge in [-0.2, -0.15) is 0 Å². The summed E-state index contributed by atoms with van der Waals surface area (Å²) in [4.78, 5) is 2.21. The van der Waals surface area contributed by atoms with E-state index in [0.29, 0.717) is 6.61 Å². The minimum atomic E-state index is 0.105. The first-order valence-electron chi connectivity index (χ1n) is 7.55. The van der Waals surface area contributed by atoms with Gasteiger partial charge in [0.25, 0.3) is 0 Å². The van der Waals surface area contributed by atoms with Gasteiger partial charge in [0.2, 0.25) is 0 Å². The molecule has 1 aromatic carbocycles. The zero-order chi connectivity index (χ0) is 15.7. The van der Waals surface area contributed by atoms with E-state index in [1.807, 2.05) is 12.1 Å². The van der Waals surface area contributed by atoms with E-state index >= 15 is 0 Å². The third-order valence-electron chi connectivity index (χ3n) is 3.19. The maximum atomic E-state index is 5.93. The van der Waals surface area contributed by atoms with Crippen LogP contribution in [0.3, 0.4) is 0 Å². The highest BCUT2D eigenvalue weighted by molar-refractivity contribution is 5.33. The summed E-state index contributed by atoms with van der Waals surface area (Å²) in [5.74, 6) is 0.967. The van der Waals surface area contributed by atoms with Gasteiger partial charge in [-0.1, -0.05) is 18.2 Å². The number of ether oxygens (including phenoxy) is 2. The molecule has 21 heavy (non-hydrogen) atoms. The Balaban J connectivity index is 2.44. The standard InChI is InChI=1S/C17H30N2O2/c1-17(2,3)18-14-15-8-6-7-9-16(15)21-13-11-19(4)10-12-20-5/h6-9,18H,10-14H2,1-5H3. The van der Waals surface area contributed by atoms with Crippen LogP contribution in [-0.2, 0) is 11.3 Å². The number of rotatable bonds is 9. The Kier molecular flexibility index (Phi) is 7.72. The smallest absolute Gasteiger partial charge is 0.123 e. The van der Waals surface area contributed by atoms with Gasteiger partial charge in [-0.05, 0) is 33.9 Å². The van der Waals surface area contributed by atoms with Gasteiger partial charge in [0, 0.05) is 37.8 Å². The predicted molar refractivity (Wildman–Crippen MR) is 87.9 cm³/mol. The lowest BCUT2D eigenvalue weighted by molar-refractivity contribution is 0.150. The molecule has 1 rings (SSSR count). The first-order chi connectivity index (χ1) is 9.92. The van der Waals surface area contributed by atoms with E-state index in [-0.39, 0.29) is 5.54 Å². The second-order valence-electron chi connectivity index (χ2n) is 6.36. The molecule has 0 spiro atoms. The minimum absolute atomic E-state index is 0.105. The van der Waals surface area contributed by atoms with Crippen molar-refractivity contribution in [3.63, 3.8) is 0 Å². The Morgan fingerprint density at radius 2 is 1.76 bits per heavy atom. The third-order valence-corrected chi connectivity index (χ3v) is 3.19. The van der Waals surface area contributed by atoms with Gasteiger partial charge in [0.05, 0.1) is 6.61 Å². The van der Waals surface area contributed by atoms with Crippen LogP contribution in [0, 0.1) is 0 Å². The average Bonchev–Trinajstić information content (AvgIpc) is 2.43. The molecule has 0 heterocycles. The number of nitrogens with one attached hydrogen (secondary N) is 1. The highest BCUT2D eigenvalue weighted by Crippen LogP contribution is 2.18. The fraction of sp³-hybridized carbons (Fsp3) is 0.647. The van der Waals surface area contributed by atoms with Gasteiger partial charge in [0.15, 0.2) is 0 Å². The van der Waals surface area contributed by atoms with Crippen LogP contribution in [-0.4, -0.2) is 50.9 Å². The normalized spacial score (nSPS) is 11.9. The lowest BCUT2D eigenvalue weighted by Gasteiger charge is -2.22. The van der Waals surface area contributed by atoms with Crippen LogP contribution in [0.15, 0.2) is 24.3 Å². The third kappa shape index (κ3) is 8.05. The quantitative estimate of drug-likeness (QED) is 0.759. The summed E-state index contributed by atoms with van der Waals surface area (Å²) in [7, 11) is 3.80. The fourth-order valence-corrected chi connectivity index (χ4v) is 1.82. The van der Waals surface area contributed by atoms with Crippen LogP contribution >= 0.6 is 0 Å². The van der Waals surface area contributed by atoms with Crippen molar-refractivity contribution < 1.29 is 9.47 Å². The van der Waals surface area contributed by atoms with Crippen molar-refractivity contribution in [3.8, 4) is 5.75 Å². The molecule has 0 saturated carbocycles. The number of nitrogens with zero attached hydrogens (tertiary/aromatic N) is 1. The summed E-state index contributed by atoms with van der Waals surface area (Å²) >= 11 is 0. The first kappa shape index (κ1) is 18.0. The number of benzene rings is 1. The molecule has 0 saturated heterocycles. The summed E-state index contributed by atoms with van der Waals surface area (Å²) in [6.07, 6.45) is 0. The summed E-state index contributed by atoms with van der Waals surface area (Å²) in [5, 5.41) is 3.50. The molecule has 0 aliphatic carbocycles. The minimum Gasteiger partial charge on any atom is -0.492 e. The molecule has 1 N–H and O–H groups in total. The molecule has 1 aromatic rings. The van der Waals surface area contributed by atoms with Crippen molar-refractivity contribution in [3.05, 3.63) is 29.8 Å². The molecule has 0 radical (unpaired) electrons. The van der Waals surface area contributed by atoms with Crippen LogP contribution in [0.1, 0.15) is 26.3 Å². The highest BCUT2D eigenvalue weighted by atomic mass is 16.5. The number of hydrogen-bond donors (Lipinski definition) is 1. The van der Waals surface area contributed by atoms with E-state index in [2.05, 4.69) is 50.2 Å². The van der Waals surface area contributed by atoms with Crippen LogP contribution in [0.4, 0.5) is 0 Å². The molecule has 0 atom stereocenters.